The Labute approximate surface area is 330 Å². The predicted molar refractivity (Wildman–Crippen MR) is 237 cm³/mol. The lowest BCUT2D eigenvalue weighted by atomic mass is 9.97. The molecule has 0 N–H and O–H groups in total. The minimum Gasteiger partial charge on any atom is -0.436 e. The second-order valence-corrected chi connectivity index (χ2v) is 14.4. The number of anilines is 3. The Bertz CT molecular complexity index is 3220. The van der Waals surface area contributed by atoms with Crippen LogP contribution in [-0.2, 0) is 0 Å². The van der Waals surface area contributed by atoms with Crippen molar-refractivity contribution in [2.24, 2.45) is 0 Å². The summed E-state index contributed by atoms with van der Waals surface area (Å²) in [5, 5.41) is 4.66. The van der Waals surface area contributed by atoms with E-state index in [2.05, 4.69) is 185 Å². The van der Waals surface area contributed by atoms with Gasteiger partial charge in [-0.25, -0.2) is 4.98 Å². The van der Waals surface area contributed by atoms with E-state index in [0.29, 0.717) is 5.89 Å². The number of hydrogen-bond donors (Lipinski definition) is 0. The fourth-order valence-electron chi connectivity index (χ4n) is 8.41. The van der Waals surface area contributed by atoms with Gasteiger partial charge >= 0.3 is 0 Å². The third-order valence-corrected chi connectivity index (χ3v) is 11.0. The summed E-state index contributed by atoms with van der Waals surface area (Å²) in [5.74, 6) is 0.631. The van der Waals surface area contributed by atoms with Gasteiger partial charge in [-0.3, -0.25) is 0 Å². The Hall–Kier alpha value is -7.69. The van der Waals surface area contributed by atoms with Crippen LogP contribution < -0.4 is 4.90 Å². The van der Waals surface area contributed by atoms with Crippen molar-refractivity contribution in [3.05, 3.63) is 212 Å². The molecule has 11 rings (SSSR count). The number of benzene rings is 9. The second kappa shape index (κ2) is 13.6. The first-order chi connectivity index (χ1) is 28.3. The summed E-state index contributed by atoms with van der Waals surface area (Å²) >= 11 is 0. The van der Waals surface area contributed by atoms with Crippen molar-refractivity contribution in [2.45, 2.75) is 0 Å². The molecule has 57 heavy (non-hydrogen) atoms. The minimum absolute atomic E-state index is 0.631. The van der Waals surface area contributed by atoms with Crippen molar-refractivity contribution in [1.29, 1.82) is 0 Å². The molecule has 268 valence electrons. The van der Waals surface area contributed by atoms with E-state index in [1.165, 1.54) is 21.9 Å². The molecular formula is C53H35N3O. The fraction of sp³-hybridized carbons (Fsp3) is 0. The van der Waals surface area contributed by atoms with Crippen LogP contribution in [-0.4, -0.2) is 9.55 Å². The van der Waals surface area contributed by atoms with Gasteiger partial charge in [0.1, 0.15) is 5.52 Å². The zero-order chi connectivity index (χ0) is 37.7. The monoisotopic (exact) mass is 729 g/mol. The average Bonchev–Trinajstić information content (AvgIpc) is 3.88. The largest absolute Gasteiger partial charge is 0.436 e. The van der Waals surface area contributed by atoms with Crippen molar-refractivity contribution in [2.75, 3.05) is 4.90 Å². The Kier molecular flexibility index (Phi) is 7.78. The van der Waals surface area contributed by atoms with Crippen LogP contribution in [0.2, 0.25) is 0 Å². The summed E-state index contributed by atoms with van der Waals surface area (Å²) in [6, 6.07) is 75.3. The molecule has 0 aliphatic rings. The SMILES string of the molecule is c1ccc(-c2nc3c(ccc4c(-c5ccc(N(c6ccc7c8ccccc8n(-c8ccccc8)c7c6)c6ccccc6-c6ccccc6)cc5)cccc43)o2)cc1. The van der Waals surface area contributed by atoms with Crippen LogP contribution in [0.1, 0.15) is 0 Å². The lowest BCUT2D eigenvalue weighted by Crippen LogP contribution is -2.11. The maximum Gasteiger partial charge on any atom is 0.227 e. The Morgan fingerprint density at radius 2 is 1.00 bits per heavy atom. The standard InChI is InChI=1S/C53H35N3O/c1-4-15-36(16-5-1)43-21-10-12-25-48(43)55(41-31-32-46-45-22-11-13-26-49(45)56(50(46)35-41)39-19-8-3-9-20-39)40-29-27-37(28-30-40)42-23-14-24-47-44(42)33-34-51-52(47)54-53(57-51)38-17-6-2-7-18-38/h1-35H. The van der Waals surface area contributed by atoms with Gasteiger partial charge < -0.3 is 13.9 Å². The van der Waals surface area contributed by atoms with E-state index in [1.54, 1.807) is 0 Å². The van der Waals surface area contributed by atoms with E-state index in [9.17, 15) is 0 Å². The van der Waals surface area contributed by atoms with Crippen LogP contribution >= 0.6 is 0 Å². The molecule has 0 aliphatic carbocycles. The van der Waals surface area contributed by atoms with Crippen LogP contribution in [0.4, 0.5) is 17.1 Å². The molecule has 11 aromatic rings. The van der Waals surface area contributed by atoms with E-state index in [1.807, 2.05) is 36.4 Å². The van der Waals surface area contributed by atoms with Gasteiger partial charge in [-0.05, 0) is 94.9 Å². The van der Waals surface area contributed by atoms with Crippen LogP contribution in [0, 0.1) is 0 Å². The van der Waals surface area contributed by atoms with Crippen LogP contribution in [0.3, 0.4) is 0 Å². The Morgan fingerprint density at radius 1 is 0.404 bits per heavy atom. The Balaban J connectivity index is 1.07. The second-order valence-electron chi connectivity index (χ2n) is 14.4. The molecule has 0 unspecified atom stereocenters. The third kappa shape index (κ3) is 5.58. The molecule has 4 nitrogen and oxygen atoms in total. The van der Waals surface area contributed by atoms with Crippen molar-refractivity contribution >= 4 is 60.7 Å². The van der Waals surface area contributed by atoms with E-state index < -0.39 is 0 Å². The predicted octanol–water partition coefficient (Wildman–Crippen LogP) is 14.5. The van der Waals surface area contributed by atoms with Crippen molar-refractivity contribution in [3.63, 3.8) is 0 Å². The summed E-state index contributed by atoms with van der Waals surface area (Å²) in [4.78, 5) is 7.36. The molecule has 0 bridgehead atoms. The molecule has 0 spiro atoms. The lowest BCUT2D eigenvalue weighted by molar-refractivity contribution is 0.620. The van der Waals surface area contributed by atoms with Crippen molar-refractivity contribution in [3.8, 4) is 39.4 Å². The molecular weight excluding hydrogens is 695 g/mol. The third-order valence-electron chi connectivity index (χ3n) is 11.0. The van der Waals surface area contributed by atoms with Crippen molar-refractivity contribution < 1.29 is 4.42 Å². The maximum atomic E-state index is 6.23. The van der Waals surface area contributed by atoms with E-state index in [0.717, 1.165) is 72.4 Å². The Morgan fingerprint density at radius 3 is 1.81 bits per heavy atom. The average molecular weight is 730 g/mol. The number of rotatable bonds is 7. The molecule has 4 heteroatoms. The van der Waals surface area contributed by atoms with E-state index in [4.69, 9.17) is 9.40 Å². The van der Waals surface area contributed by atoms with Crippen molar-refractivity contribution in [1.82, 2.24) is 9.55 Å². The highest BCUT2D eigenvalue weighted by atomic mass is 16.3. The number of hydrogen-bond acceptors (Lipinski definition) is 3. The molecule has 9 aromatic carbocycles. The minimum atomic E-state index is 0.631. The molecule has 0 atom stereocenters. The van der Waals surface area contributed by atoms with Gasteiger partial charge in [0.15, 0.2) is 5.58 Å². The normalized spacial score (nSPS) is 11.5. The summed E-state index contributed by atoms with van der Waals surface area (Å²) in [7, 11) is 0. The molecule has 2 heterocycles. The van der Waals surface area contributed by atoms with Gasteiger partial charge in [-0.15, -0.1) is 0 Å². The summed E-state index contributed by atoms with van der Waals surface area (Å²) in [6.07, 6.45) is 0. The molecule has 0 radical (unpaired) electrons. The number of nitrogens with zero attached hydrogens (tertiary/aromatic N) is 3. The smallest absolute Gasteiger partial charge is 0.227 e. The highest BCUT2D eigenvalue weighted by Crippen LogP contribution is 2.44. The number of fused-ring (bicyclic) bond motifs is 6. The first kappa shape index (κ1) is 32.7. The van der Waals surface area contributed by atoms with Crippen LogP contribution in [0.15, 0.2) is 217 Å². The van der Waals surface area contributed by atoms with E-state index in [-0.39, 0.29) is 0 Å². The van der Waals surface area contributed by atoms with Gasteiger partial charge in [-0.2, -0.15) is 0 Å². The number of aromatic nitrogens is 2. The quantitative estimate of drug-likeness (QED) is 0.164. The fourth-order valence-corrected chi connectivity index (χ4v) is 8.41. The van der Waals surface area contributed by atoms with Crippen LogP contribution in [0.25, 0.3) is 83.1 Å². The highest BCUT2D eigenvalue weighted by molar-refractivity contribution is 6.11. The molecule has 0 amide bonds. The number of oxazole rings is 1. The number of para-hydroxylation sites is 3. The lowest BCUT2D eigenvalue weighted by Gasteiger charge is -2.28. The first-order valence-corrected chi connectivity index (χ1v) is 19.3. The first-order valence-electron chi connectivity index (χ1n) is 19.3. The summed E-state index contributed by atoms with van der Waals surface area (Å²) in [6.45, 7) is 0. The molecule has 0 saturated carbocycles. The maximum absolute atomic E-state index is 6.23. The van der Waals surface area contributed by atoms with Gasteiger partial charge in [0, 0.05) is 44.3 Å². The summed E-state index contributed by atoms with van der Waals surface area (Å²) in [5.41, 5.74) is 13.9. The van der Waals surface area contributed by atoms with Gasteiger partial charge in [0.05, 0.1) is 16.7 Å². The topological polar surface area (TPSA) is 34.2 Å². The van der Waals surface area contributed by atoms with Gasteiger partial charge in [0.2, 0.25) is 5.89 Å². The van der Waals surface area contributed by atoms with Crippen LogP contribution in [0.5, 0.6) is 0 Å². The molecule has 0 saturated heterocycles. The molecule has 0 aliphatic heterocycles. The zero-order valence-electron chi connectivity index (χ0n) is 31.0. The molecule has 0 fully saturated rings. The summed E-state index contributed by atoms with van der Waals surface area (Å²) < 4.78 is 8.62. The highest BCUT2D eigenvalue weighted by Gasteiger charge is 2.21. The van der Waals surface area contributed by atoms with Gasteiger partial charge in [-0.1, -0.05) is 140 Å². The van der Waals surface area contributed by atoms with E-state index >= 15 is 0 Å². The molecule has 2 aromatic heterocycles. The van der Waals surface area contributed by atoms with Gasteiger partial charge in [0.25, 0.3) is 0 Å². The zero-order valence-corrected chi connectivity index (χ0v) is 31.0.